The molecule has 0 radical (unpaired) electrons. The van der Waals surface area contributed by atoms with Gasteiger partial charge in [-0.2, -0.15) is 0 Å². The average molecular weight is 332 g/mol. The molecule has 1 N–H and O–H groups in total. The number of aryl methyl sites for hydroxylation is 2. The molecule has 6 nitrogen and oxygen atoms in total. The van der Waals surface area contributed by atoms with E-state index in [9.17, 15) is 18.5 Å². The van der Waals surface area contributed by atoms with E-state index < -0.39 is 14.9 Å². The molecule has 0 fully saturated rings. The van der Waals surface area contributed by atoms with E-state index in [4.69, 9.17) is 0 Å². The van der Waals surface area contributed by atoms with Crippen molar-refractivity contribution in [1.29, 1.82) is 0 Å². The smallest absolute Gasteiger partial charge is 0.269 e. The lowest BCUT2D eigenvalue weighted by atomic mass is 9.91. The van der Waals surface area contributed by atoms with Gasteiger partial charge in [0.15, 0.2) is 0 Å². The van der Waals surface area contributed by atoms with Crippen molar-refractivity contribution >= 4 is 21.4 Å². The zero-order valence-electron chi connectivity index (χ0n) is 12.4. The second-order valence-corrected chi connectivity index (χ2v) is 7.23. The summed E-state index contributed by atoms with van der Waals surface area (Å²) < 4.78 is 27.3. The Morgan fingerprint density at radius 2 is 1.61 bits per heavy atom. The van der Waals surface area contributed by atoms with Crippen molar-refractivity contribution in [1.82, 2.24) is 0 Å². The van der Waals surface area contributed by atoms with Crippen molar-refractivity contribution in [2.45, 2.75) is 30.6 Å². The van der Waals surface area contributed by atoms with Crippen molar-refractivity contribution in [2.24, 2.45) is 0 Å². The van der Waals surface area contributed by atoms with Crippen LogP contribution in [0.1, 0.15) is 24.0 Å². The van der Waals surface area contributed by atoms with Crippen LogP contribution in [0.4, 0.5) is 11.4 Å². The fourth-order valence-corrected chi connectivity index (χ4v) is 3.81. The fourth-order valence-electron chi connectivity index (χ4n) is 2.76. The molecule has 0 aromatic heterocycles. The molecule has 7 heteroatoms. The highest BCUT2D eigenvalue weighted by Crippen LogP contribution is 2.26. The van der Waals surface area contributed by atoms with Crippen LogP contribution < -0.4 is 4.72 Å². The molecule has 1 aliphatic carbocycles. The number of rotatable bonds is 4. The van der Waals surface area contributed by atoms with E-state index in [-0.39, 0.29) is 10.6 Å². The predicted octanol–water partition coefficient (Wildman–Crippen LogP) is 3.27. The van der Waals surface area contributed by atoms with Crippen molar-refractivity contribution in [3.63, 3.8) is 0 Å². The molecule has 120 valence electrons. The number of nitro benzene ring substituents is 1. The fraction of sp³-hybridized carbons (Fsp3) is 0.250. The summed E-state index contributed by atoms with van der Waals surface area (Å²) in [5.41, 5.74) is 2.83. The van der Waals surface area contributed by atoms with E-state index in [1.165, 1.54) is 41.8 Å². The minimum atomic E-state index is -3.75. The molecule has 0 heterocycles. The number of hydrogen-bond acceptors (Lipinski definition) is 4. The highest BCUT2D eigenvalue weighted by Gasteiger charge is 2.17. The van der Waals surface area contributed by atoms with E-state index in [1.54, 1.807) is 6.07 Å². The minimum absolute atomic E-state index is 0.000760. The molecular weight excluding hydrogens is 316 g/mol. The molecule has 0 spiro atoms. The van der Waals surface area contributed by atoms with Gasteiger partial charge in [-0.25, -0.2) is 8.42 Å². The van der Waals surface area contributed by atoms with Crippen molar-refractivity contribution < 1.29 is 13.3 Å². The summed E-state index contributed by atoms with van der Waals surface area (Å²) in [5.74, 6) is 0. The van der Waals surface area contributed by atoms with Gasteiger partial charge in [-0.1, -0.05) is 6.07 Å². The molecule has 2 aromatic rings. The Kier molecular flexibility index (Phi) is 4.04. The molecule has 0 amide bonds. The van der Waals surface area contributed by atoms with Gasteiger partial charge in [0.2, 0.25) is 0 Å². The van der Waals surface area contributed by atoms with Gasteiger partial charge in [0.1, 0.15) is 0 Å². The third-order valence-corrected chi connectivity index (χ3v) is 5.36. The number of anilines is 1. The molecule has 0 saturated heterocycles. The molecule has 1 aliphatic rings. The molecule has 0 aliphatic heterocycles. The van der Waals surface area contributed by atoms with Gasteiger partial charge in [-0.05, 0) is 61.1 Å². The summed E-state index contributed by atoms with van der Waals surface area (Å²) in [6.07, 6.45) is 4.28. The standard InChI is InChI=1S/C16H16N2O4S/c19-18(20)15-7-9-16(10-8-15)23(21,22)17-14-6-5-12-3-1-2-4-13(12)11-14/h5-11,17H,1-4H2. The molecule has 0 saturated carbocycles. The Bertz CT molecular complexity index is 845. The Hall–Kier alpha value is -2.41. The SMILES string of the molecule is O=[N+]([O-])c1ccc(S(=O)(=O)Nc2ccc3c(c2)CCCC3)cc1. The largest absolute Gasteiger partial charge is 0.280 e. The molecule has 2 aromatic carbocycles. The van der Waals surface area contributed by atoms with Gasteiger partial charge in [0, 0.05) is 17.8 Å². The van der Waals surface area contributed by atoms with E-state index in [2.05, 4.69) is 4.72 Å². The number of hydrogen-bond donors (Lipinski definition) is 1. The lowest BCUT2D eigenvalue weighted by Gasteiger charge is -2.17. The third kappa shape index (κ3) is 3.34. The average Bonchev–Trinajstić information content (AvgIpc) is 2.54. The van der Waals surface area contributed by atoms with E-state index in [0.29, 0.717) is 5.69 Å². The van der Waals surface area contributed by atoms with E-state index in [0.717, 1.165) is 19.3 Å². The summed E-state index contributed by atoms with van der Waals surface area (Å²) in [7, 11) is -3.75. The van der Waals surface area contributed by atoms with Crippen LogP contribution >= 0.6 is 0 Å². The first-order chi connectivity index (χ1) is 11.0. The van der Waals surface area contributed by atoms with Crippen LogP contribution in [0, 0.1) is 10.1 Å². The second kappa shape index (κ2) is 6.00. The zero-order valence-corrected chi connectivity index (χ0v) is 13.2. The summed E-state index contributed by atoms with van der Waals surface area (Å²) >= 11 is 0. The Morgan fingerprint density at radius 1 is 0.957 bits per heavy atom. The van der Waals surface area contributed by atoms with Crippen LogP contribution in [0.25, 0.3) is 0 Å². The van der Waals surface area contributed by atoms with Gasteiger partial charge in [-0.3, -0.25) is 14.8 Å². The van der Waals surface area contributed by atoms with Crippen LogP contribution in [-0.2, 0) is 22.9 Å². The van der Waals surface area contributed by atoms with Crippen molar-refractivity contribution in [2.75, 3.05) is 4.72 Å². The monoisotopic (exact) mass is 332 g/mol. The van der Waals surface area contributed by atoms with E-state index in [1.807, 2.05) is 12.1 Å². The molecular formula is C16H16N2O4S. The highest BCUT2D eigenvalue weighted by molar-refractivity contribution is 7.92. The normalized spacial score (nSPS) is 14.1. The third-order valence-electron chi connectivity index (χ3n) is 3.96. The number of non-ortho nitro benzene ring substituents is 1. The summed E-state index contributed by atoms with van der Waals surface area (Å²) in [6, 6.07) is 10.4. The number of benzene rings is 2. The molecule has 23 heavy (non-hydrogen) atoms. The van der Waals surface area contributed by atoms with Gasteiger partial charge < -0.3 is 0 Å². The minimum Gasteiger partial charge on any atom is -0.280 e. The number of nitrogens with one attached hydrogen (secondary N) is 1. The number of nitro groups is 1. The Labute approximate surface area is 134 Å². The van der Waals surface area contributed by atoms with Crippen LogP contribution in [-0.4, -0.2) is 13.3 Å². The molecule has 3 rings (SSSR count). The zero-order chi connectivity index (χ0) is 16.4. The maximum absolute atomic E-state index is 12.4. The van der Waals surface area contributed by atoms with Crippen molar-refractivity contribution in [3.05, 3.63) is 63.7 Å². The van der Waals surface area contributed by atoms with Crippen LogP contribution in [0.3, 0.4) is 0 Å². The van der Waals surface area contributed by atoms with Gasteiger partial charge >= 0.3 is 0 Å². The van der Waals surface area contributed by atoms with Crippen LogP contribution in [0.2, 0.25) is 0 Å². The Balaban J connectivity index is 1.84. The number of nitrogens with zero attached hydrogens (tertiary/aromatic N) is 1. The molecule has 0 atom stereocenters. The first-order valence-electron chi connectivity index (χ1n) is 7.35. The predicted molar refractivity (Wildman–Crippen MR) is 87.0 cm³/mol. The first kappa shape index (κ1) is 15.5. The summed E-state index contributed by atoms with van der Waals surface area (Å²) in [5, 5.41) is 10.6. The Morgan fingerprint density at radius 3 is 2.26 bits per heavy atom. The van der Waals surface area contributed by atoms with Gasteiger partial charge in [0.25, 0.3) is 15.7 Å². The molecule has 0 bridgehead atoms. The number of sulfonamides is 1. The van der Waals surface area contributed by atoms with Crippen LogP contribution in [0.5, 0.6) is 0 Å². The molecule has 0 unspecified atom stereocenters. The maximum atomic E-state index is 12.4. The van der Waals surface area contributed by atoms with Gasteiger partial charge in [-0.15, -0.1) is 0 Å². The highest BCUT2D eigenvalue weighted by atomic mass is 32.2. The first-order valence-corrected chi connectivity index (χ1v) is 8.83. The van der Waals surface area contributed by atoms with Gasteiger partial charge in [0.05, 0.1) is 9.82 Å². The quantitative estimate of drug-likeness (QED) is 0.687. The summed E-state index contributed by atoms with van der Waals surface area (Å²) in [4.78, 5) is 10.1. The lowest BCUT2D eigenvalue weighted by molar-refractivity contribution is -0.384. The van der Waals surface area contributed by atoms with Crippen molar-refractivity contribution in [3.8, 4) is 0 Å². The maximum Gasteiger partial charge on any atom is 0.269 e. The topological polar surface area (TPSA) is 89.3 Å². The van der Waals surface area contributed by atoms with Crippen LogP contribution in [0.15, 0.2) is 47.4 Å². The van der Waals surface area contributed by atoms with E-state index >= 15 is 0 Å². The summed E-state index contributed by atoms with van der Waals surface area (Å²) in [6.45, 7) is 0. The second-order valence-electron chi connectivity index (χ2n) is 5.55. The number of fused-ring (bicyclic) bond motifs is 1. The lowest BCUT2D eigenvalue weighted by Crippen LogP contribution is -2.13.